The molecular formula is C13H22N2O3S. The van der Waals surface area contributed by atoms with Crippen LogP contribution in [0.25, 0.3) is 0 Å². The number of hydrogen-bond donors (Lipinski definition) is 2. The molecule has 1 aliphatic heterocycles. The van der Waals surface area contributed by atoms with E-state index in [2.05, 4.69) is 5.32 Å². The van der Waals surface area contributed by atoms with E-state index in [4.69, 9.17) is 0 Å². The van der Waals surface area contributed by atoms with Crippen molar-refractivity contribution in [1.29, 1.82) is 0 Å². The van der Waals surface area contributed by atoms with Gasteiger partial charge in [-0.1, -0.05) is 13.8 Å². The first kappa shape index (κ1) is 14.5. The number of urea groups is 1. The molecule has 1 saturated carbocycles. The average molecular weight is 286 g/mol. The van der Waals surface area contributed by atoms with Crippen molar-refractivity contribution in [2.24, 2.45) is 5.92 Å². The van der Waals surface area contributed by atoms with E-state index in [1.165, 1.54) is 0 Å². The predicted octanol–water partition coefficient (Wildman–Crippen LogP) is 2.12. The molecule has 0 aromatic carbocycles. The minimum atomic E-state index is -0.893. The zero-order chi connectivity index (χ0) is 14.0. The smallest absolute Gasteiger partial charge is 0.327 e. The fourth-order valence-electron chi connectivity index (χ4n) is 2.46. The molecule has 2 rings (SSSR count). The lowest BCUT2D eigenvalue weighted by Crippen LogP contribution is -2.52. The Labute approximate surface area is 118 Å². The van der Waals surface area contributed by atoms with Crippen LogP contribution in [0.4, 0.5) is 4.79 Å². The number of carboxylic acid groups (broad SMARTS) is 1. The van der Waals surface area contributed by atoms with Gasteiger partial charge in [-0.15, -0.1) is 11.8 Å². The number of carbonyl (C=O) groups excluding carboxylic acids is 1. The number of carbonyl (C=O) groups is 2. The third-order valence-electron chi connectivity index (χ3n) is 3.89. The van der Waals surface area contributed by atoms with Gasteiger partial charge < -0.3 is 10.4 Å². The first-order valence-corrected chi connectivity index (χ1v) is 8.06. The Balaban J connectivity index is 2.06. The molecule has 2 aliphatic rings. The van der Waals surface area contributed by atoms with E-state index in [1.807, 2.05) is 13.8 Å². The lowest BCUT2D eigenvalue weighted by atomic mass is 10.2. The quantitative estimate of drug-likeness (QED) is 0.812. The molecule has 2 amide bonds. The molecule has 2 N–H and O–H groups in total. The second-order valence-corrected chi connectivity index (χ2v) is 6.44. The summed E-state index contributed by atoms with van der Waals surface area (Å²) in [4.78, 5) is 25.2. The molecule has 5 nitrogen and oxygen atoms in total. The third-order valence-corrected chi connectivity index (χ3v) is 5.35. The Morgan fingerprint density at radius 3 is 2.47 bits per heavy atom. The number of hydrogen-bond acceptors (Lipinski definition) is 3. The largest absolute Gasteiger partial charge is 0.480 e. The highest BCUT2D eigenvalue weighted by Gasteiger charge is 2.48. The summed E-state index contributed by atoms with van der Waals surface area (Å²) in [5, 5.41) is 12.3. The fraction of sp³-hybridized carbons (Fsp3) is 0.846. The van der Waals surface area contributed by atoms with Crippen LogP contribution in [0, 0.1) is 5.92 Å². The Morgan fingerprint density at radius 1 is 1.37 bits per heavy atom. The maximum absolute atomic E-state index is 12.4. The molecule has 0 spiro atoms. The summed E-state index contributed by atoms with van der Waals surface area (Å²) >= 11 is 1.61. The van der Waals surface area contributed by atoms with Gasteiger partial charge in [0.05, 0.1) is 5.37 Å². The first-order valence-electron chi connectivity index (χ1n) is 7.01. The lowest BCUT2D eigenvalue weighted by molar-refractivity contribution is -0.141. The maximum Gasteiger partial charge on any atom is 0.327 e. The van der Waals surface area contributed by atoms with Crippen LogP contribution in [-0.4, -0.2) is 45.2 Å². The predicted molar refractivity (Wildman–Crippen MR) is 75.1 cm³/mol. The number of thioether (sulfide) groups is 1. The minimum absolute atomic E-state index is 0.0514. The highest BCUT2D eigenvalue weighted by molar-refractivity contribution is 8.00. The molecule has 0 aromatic heterocycles. The van der Waals surface area contributed by atoms with E-state index in [0.717, 1.165) is 25.7 Å². The second-order valence-electron chi connectivity index (χ2n) is 5.29. The van der Waals surface area contributed by atoms with Crippen molar-refractivity contribution in [3.63, 3.8) is 0 Å². The van der Waals surface area contributed by atoms with Gasteiger partial charge in [0.25, 0.3) is 0 Å². The topological polar surface area (TPSA) is 69.6 Å². The summed E-state index contributed by atoms with van der Waals surface area (Å²) in [5.41, 5.74) is 0. The monoisotopic (exact) mass is 286 g/mol. The van der Waals surface area contributed by atoms with E-state index in [-0.39, 0.29) is 17.4 Å². The molecule has 2 unspecified atom stereocenters. The van der Waals surface area contributed by atoms with E-state index in [1.54, 1.807) is 16.7 Å². The zero-order valence-corrected chi connectivity index (χ0v) is 12.3. The number of amides is 2. The van der Waals surface area contributed by atoms with Crippen LogP contribution in [0.3, 0.4) is 0 Å². The molecule has 0 radical (unpaired) electrons. The Kier molecular flexibility index (Phi) is 4.60. The first-order chi connectivity index (χ1) is 9.08. The van der Waals surface area contributed by atoms with Crippen molar-refractivity contribution >= 4 is 23.8 Å². The molecule has 1 heterocycles. The highest BCUT2D eigenvalue weighted by atomic mass is 32.2. The summed E-state index contributed by atoms with van der Waals surface area (Å²) in [6, 6.07) is -0.750. The standard InChI is InChI=1S/C13H22N2O3S/c1-3-9(4-2)14-13(18)15-10(12(16)17)7-19-11(15)8-5-6-8/h8-11H,3-7H2,1-2H3,(H,14,18)(H,16,17). The molecule has 0 aromatic rings. The fourth-order valence-corrected chi connectivity index (χ4v) is 4.09. The number of aliphatic carboxylic acids is 1. The Morgan fingerprint density at radius 2 is 2.00 bits per heavy atom. The van der Waals surface area contributed by atoms with Crippen LogP contribution in [0.2, 0.25) is 0 Å². The van der Waals surface area contributed by atoms with Gasteiger partial charge in [0.1, 0.15) is 6.04 Å². The molecule has 0 bridgehead atoms. The van der Waals surface area contributed by atoms with Crippen molar-refractivity contribution in [3.8, 4) is 0 Å². The molecule has 108 valence electrons. The Bertz CT molecular complexity index is 356. The van der Waals surface area contributed by atoms with Gasteiger partial charge in [-0.05, 0) is 31.6 Å². The molecule has 2 fully saturated rings. The van der Waals surface area contributed by atoms with E-state index >= 15 is 0 Å². The number of nitrogens with one attached hydrogen (secondary N) is 1. The van der Waals surface area contributed by atoms with Crippen molar-refractivity contribution in [2.45, 2.75) is 57.0 Å². The molecular weight excluding hydrogens is 264 g/mol. The molecule has 1 aliphatic carbocycles. The zero-order valence-electron chi connectivity index (χ0n) is 11.5. The van der Waals surface area contributed by atoms with Gasteiger partial charge in [0, 0.05) is 11.8 Å². The highest BCUT2D eigenvalue weighted by Crippen LogP contribution is 2.45. The van der Waals surface area contributed by atoms with Gasteiger partial charge in [0.2, 0.25) is 0 Å². The van der Waals surface area contributed by atoms with Crippen LogP contribution >= 0.6 is 11.8 Å². The van der Waals surface area contributed by atoms with Crippen LogP contribution in [0.5, 0.6) is 0 Å². The summed E-state index contributed by atoms with van der Waals surface area (Å²) in [6.45, 7) is 4.06. The van der Waals surface area contributed by atoms with E-state index in [9.17, 15) is 14.7 Å². The van der Waals surface area contributed by atoms with Gasteiger partial charge in [-0.2, -0.15) is 0 Å². The minimum Gasteiger partial charge on any atom is -0.480 e. The SMILES string of the molecule is CCC(CC)NC(=O)N1C(C(=O)O)CSC1C1CC1. The summed E-state index contributed by atoms with van der Waals surface area (Å²) in [5.74, 6) is 0.101. The maximum atomic E-state index is 12.4. The van der Waals surface area contributed by atoms with Crippen molar-refractivity contribution < 1.29 is 14.7 Å². The molecule has 6 heteroatoms. The van der Waals surface area contributed by atoms with E-state index < -0.39 is 12.0 Å². The van der Waals surface area contributed by atoms with Crippen LogP contribution in [-0.2, 0) is 4.79 Å². The summed E-state index contributed by atoms with van der Waals surface area (Å²) < 4.78 is 0. The third kappa shape index (κ3) is 3.16. The normalized spacial score (nSPS) is 26.8. The molecule has 19 heavy (non-hydrogen) atoms. The van der Waals surface area contributed by atoms with Crippen molar-refractivity contribution in [2.75, 3.05) is 5.75 Å². The van der Waals surface area contributed by atoms with Gasteiger partial charge in [-0.25, -0.2) is 9.59 Å². The van der Waals surface area contributed by atoms with Crippen molar-refractivity contribution in [3.05, 3.63) is 0 Å². The van der Waals surface area contributed by atoms with Crippen LogP contribution in [0.15, 0.2) is 0 Å². The Hall–Kier alpha value is -0.910. The van der Waals surface area contributed by atoms with Crippen molar-refractivity contribution in [1.82, 2.24) is 10.2 Å². The van der Waals surface area contributed by atoms with Gasteiger partial charge in [0.15, 0.2) is 0 Å². The number of carboxylic acids is 1. The molecule has 2 atom stereocenters. The number of nitrogens with zero attached hydrogens (tertiary/aromatic N) is 1. The summed E-state index contributed by atoms with van der Waals surface area (Å²) in [6.07, 6.45) is 3.96. The van der Waals surface area contributed by atoms with E-state index in [0.29, 0.717) is 11.7 Å². The van der Waals surface area contributed by atoms with Crippen LogP contribution < -0.4 is 5.32 Å². The average Bonchev–Trinajstić information content (AvgIpc) is 3.13. The van der Waals surface area contributed by atoms with Gasteiger partial charge >= 0.3 is 12.0 Å². The number of rotatable bonds is 5. The second kappa shape index (κ2) is 6.03. The molecule has 1 saturated heterocycles. The van der Waals surface area contributed by atoms with Gasteiger partial charge in [-0.3, -0.25) is 4.90 Å². The lowest BCUT2D eigenvalue weighted by Gasteiger charge is -2.29. The van der Waals surface area contributed by atoms with Crippen LogP contribution in [0.1, 0.15) is 39.5 Å². The summed E-state index contributed by atoms with van der Waals surface area (Å²) in [7, 11) is 0.